The fourth-order valence-electron chi connectivity index (χ4n) is 10.4. The molecule has 8 N–H and O–H groups in total. The first-order chi connectivity index (χ1) is 34.9. The number of carbonyl (C=O) groups excluding carboxylic acids is 6. The van der Waals surface area contributed by atoms with E-state index in [2.05, 4.69) is 20.9 Å². The number of aromatic nitrogens is 1. The van der Waals surface area contributed by atoms with Crippen molar-refractivity contribution < 1.29 is 38.6 Å². The second kappa shape index (κ2) is 22.7. The normalized spacial score (nSPS) is 19.7. The van der Waals surface area contributed by atoms with Gasteiger partial charge in [-0.1, -0.05) is 93.6 Å². The van der Waals surface area contributed by atoms with Crippen molar-refractivity contribution in [2.45, 2.75) is 148 Å². The van der Waals surface area contributed by atoms with Crippen LogP contribution in [0, 0.1) is 12.3 Å². The number of ether oxygens (including phenoxy) is 1. The Bertz CT molecular complexity index is 2860. The molecule has 0 radical (unpaired) electrons. The quantitative estimate of drug-likeness (QED) is 0.0625. The zero-order chi connectivity index (χ0) is 52.1. The highest BCUT2D eigenvalue weighted by atomic mass is 32.1. The number of thiazole rings is 1. The van der Waals surface area contributed by atoms with Gasteiger partial charge in [0.2, 0.25) is 35.4 Å². The Morgan fingerprint density at radius 1 is 0.932 bits per heavy atom. The molecule has 1 saturated heterocycles. The van der Waals surface area contributed by atoms with Crippen LogP contribution in [0.25, 0.3) is 21.2 Å². The minimum atomic E-state index is -0.933. The van der Waals surface area contributed by atoms with E-state index in [1.807, 2.05) is 119 Å². The number of para-hydroxylation sites is 1. The third-order valence-corrected chi connectivity index (χ3v) is 15.4. The summed E-state index contributed by atoms with van der Waals surface area (Å²) in [5.74, 6) is -2.18. The Kier molecular flexibility index (Phi) is 16.4. The number of nitrogens with one attached hydrogen (secondary N) is 3. The van der Waals surface area contributed by atoms with Crippen molar-refractivity contribution in [3.63, 3.8) is 0 Å². The Labute approximate surface area is 430 Å². The predicted molar refractivity (Wildman–Crippen MR) is 281 cm³/mol. The highest BCUT2D eigenvalue weighted by Gasteiger charge is 2.45. The summed E-state index contributed by atoms with van der Waals surface area (Å²) in [4.78, 5) is 89.2. The maximum absolute atomic E-state index is 14.2. The van der Waals surface area contributed by atoms with Crippen LogP contribution in [0.1, 0.15) is 99.7 Å². The number of carbonyl (C=O) groups is 6. The van der Waals surface area contributed by atoms with Crippen LogP contribution >= 0.6 is 11.3 Å². The van der Waals surface area contributed by atoms with Gasteiger partial charge < -0.3 is 42.2 Å². The number of nitrogens with zero attached hydrogens (tertiary/aromatic N) is 3. The molecule has 0 bridgehead atoms. The number of aliphatic hydroxyl groups is 1. The first-order valence-electron chi connectivity index (χ1n) is 25.3. The molecule has 1 fully saturated rings. The molecule has 5 aromatic rings. The average Bonchev–Trinajstić information content (AvgIpc) is 4.08. The summed E-state index contributed by atoms with van der Waals surface area (Å²) >= 11 is 1.57. The fourth-order valence-corrected chi connectivity index (χ4v) is 11.2. The molecule has 0 spiro atoms. The van der Waals surface area contributed by atoms with E-state index in [4.69, 9.17) is 16.2 Å². The van der Waals surface area contributed by atoms with Gasteiger partial charge in [0.05, 0.1) is 52.7 Å². The van der Waals surface area contributed by atoms with Gasteiger partial charge in [-0.2, -0.15) is 0 Å². The first-order valence-corrected chi connectivity index (χ1v) is 26.2. The van der Waals surface area contributed by atoms with Crippen LogP contribution < -0.4 is 32.3 Å². The molecule has 73 heavy (non-hydrogen) atoms. The highest BCUT2D eigenvalue weighted by Crippen LogP contribution is 2.39. The second-order valence-corrected chi connectivity index (χ2v) is 21.8. The van der Waals surface area contributed by atoms with Gasteiger partial charge in [0, 0.05) is 38.8 Å². The average molecular weight is 1010 g/mol. The van der Waals surface area contributed by atoms with Crippen LogP contribution in [0.5, 0.6) is 0 Å². The third-order valence-electron chi connectivity index (χ3n) is 14.5. The lowest BCUT2D eigenvalue weighted by Crippen LogP contribution is -2.57. The van der Waals surface area contributed by atoms with Gasteiger partial charge in [0.1, 0.15) is 18.1 Å². The Balaban J connectivity index is 0.843. The molecule has 16 nitrogen and oxygen atoms in total. The van der Waals surface area contributed by atoms with Crippen LogP contribution in [0.2, 0.25) is 0 Å². The number of hydrogen-bond acceptors (Lipinski definition) is 11. The van der Waals surface area contributed by atoms with Crippen LogP contribution in [0.3, 0.4) is 0 Å². The number of rotatable bonds is 19. The number of aliphatic hydroxyl groups excluding tert-OH is 1. The van der Waals surface area contributed by atoms with E-state index in [1.54, 1.807) is 16.2 Å². The molecule has 1 unspecified atom stereocenters. The number of nitrogens with two attached hydrogens (primary N) is 2. The van der Waals surface area contributed by atoms with Crippen molar-refractivity contribution in [3.8, 4) is 10.4 Å². The zero-order valence-corrected chi connectivity index (χ0v) is 43.1. The number of primary amides is 1. The summed E-state index contributed by atoms with van der Waals surface area (Å²) in [6, 6.07) is 21.9. The molecule has 17 heteroatoms. The van der Waals surface area contributed by atoms with E-state index >= 15 is 0 Å². The Morgan fingerprint density at radius 3 is 2.40 bits per heavy atom. The zero-order valence-electron chi connectivity index (χ0n) is 42.3. The van der Waals surface area contributed by atoms with Crippen molar-refractivity contribution in [3.05, 3.63) is 118 Å². The number of benzene rings is 4. The van der Waals surface area contributed by atoms with Crippen LogP contribution in [0.15, 0.2) is 84.4 Å². The van der Waals surface area contributed by atoms with E-state index in [0.29, 0.717) is 32.1 Å². The lowest BCUT2D eigenvalue weighted by molar-refractivity contribution is -0.144. The van der Waals surface area contributed by atoms with Crippen molar-refractivity contribution in [2.24, 2.45) is 16.9 Å². The molecule has 4 aromatic carbocycles. The number of β-amino-alcohol motifs (C(OH)–C–C–N with tert-alkyl or cyclic N) is 1. The molecule has 0 saturated carbocycles. The number of hydrogen-bond donors (Lipinski definition) is 6. The molecular formula is C56H68N8O8S. The summed E-state index contributed by atoms with van der Waals surface area (Å²) in [7, 11) is 0. The molecule has 1 aromatic heterocycles. The minimum absolute atomic E-state index is 0.0118. The molecule has 3 aliphatic rings. The monoisotopic (exact) mass is 1010 g/mol. The van der Waals surface area contributed by atoms with Gasteiger partial charge in [0.25, 0.3) is 0 Å². The van der Waals surface area contributed by atoms with Crippen molar-refractivity contribution >= 4 is 63.2 Å². The molecule has 6 amide bonds. The van der Waals surface area contributed by atoms with Crippen molar-refractivity contribution in [1.29, 1.82) is 0 Å². The molecule has 7 atom stereocenters. The van der Waals surface area contributed by atoms with Gasteiger partial charge in [-0.05, 0) is 102 Å². The predicted octanol–water partition coefficient (Wildman–Crippen LogP) is 5.29. The maximum atomic E-state index is 14.2. The smallest absolute Gasteiger partial charge is 0.246 e. The number of anilines is 1. The number of aryl methyl sites for hydroxylation is 3. The van der Waals surface area contributed by atoms with Crippen LogP contribution in [-0.2, 0) is 65.9 Å². The van der Waals surface area contributed by atoms with E-state index in [9.17, 15) is 33.9 Å². The third kappa shape index (κ3) is 12.3. The van der Waals surface area contributed by atoms with E-state index in [1.165, 1.54) is 4.90 Å². The molecule has 386 valence electrons. The second-order valence-electron chi connectivity index (χ2n) is 20.9. The maximum Gasteiger partial charge on any atom is 0.246 e. The van der Waals surface area contributed by atoms with Gasteiger partial charge >= 0.3 is 0 Å². The minimum Gasteiger partial charge on any atom is -0.391 e. The van der Waals surface area contributed by atoms with Crippen molar-refractivity contribution in [1.82, 2.24) is 25.8 Å². The van der Waals surface area contributed by atoms with Gasteiger partial charge in [-0.15, -0.1) is 11.3 Å². The van der Waals surface area contributed by atoms with Gasteiger partial charge in [0.15, 0.2) is 0 Å². The summed E-state index contributed by atoms with van der Waals surface area (Å²) in [5.41, 5.74) is 20.5. The molecule has 4 heterocycles. The lowest BCUT2D eigenvalue weighted by Gasteiger charge is -2.35. The summed E-state index contributed by atoms with van der Waals surface area (Å²) < 4.78 is 6.36. The number of amides is 6. The standard InChI is InChI=1S/C56H68N8O8S/c1-32-50(73-31-60-32)38-18-15-34(16-19-38)28-59-52(68)45-27-41(65)29-63(45)55(71)51(56(3,4)5)62-48(67)14-8-10-36-9-6-12-39-25-35(17-21-42(36)39)30-72-33(2)44(23-24-47(58)66)61-53(69)46-26-40-13-7-11-37-20-22-43(57)54(70)64(46)49(37)40/h6-7,9,11-13,15-19,21,25,31,33,41,43-46,51,65H,8,10,14,20,22-24,26-30,57H2,1-5H3,(H2,58,66)(H,59,68)(H,61,69)(H,62,67)/t33-,41+,43-,44-,45-,46-,51?/m0/s1. The van der Waals surface area contributed by atoms with Gasteiger partial charge in [-0.25, -0.2) is 4.98 Å². The van der Waals surface area contributed by atoms with E-state index in [-0.39, 0.29) is 69.0 Å². The summed E-state index contributed by atoms with van der Waals surface area (Å²) in [6.45, 7) is 9.87. The largest absolute Gasteiger partial charge is 0.391 e. The highest BCUT2D eigenvalue weighted by molar-refractivity contribution is 7.13. The Morgan fingerprint density at radius 2 is 1.67 bits per heavy atom. The lowest BCUT2D eigenvalue weighted by atomic mass is 9.85. The topological polar surface area (TPSA) is 239 Å². The first kappa shape index (κ1) is 52.8. The summed E-state index contributed by atoms with van der Waals surface area (Å²) in [5, 5.41) is 21.7. The fraction of sp³-hybridized carbons (Fsp3) is 0.446. The Hall–Kier alpha value is -6.53. The van der Waals surface area contributed by atoms with E-state index < -0.39 is 59.6 Å². The summed E-state index contributed by atoms with van der Waals surface area (Å²) in [6.07, 6.45) is 1.77. The molecule has 0 aliphatic carbocycles. The molecular weight excluding hydrogens is 945 g/mol. The molecule has 3 aliphatic heterocycles. The number of likely N-dealkylation sites (tertiary alicyclic amines) is 1. The SMILES string of the molecule is Cc1ncsc1-c1ccc(CNC(=O)[C@@H]2C[C@@H](O)CN2C(=O)C(NC(=O)CCCc2cccc3cc(CO[C@@H](C)[C@H](CCC(N)=O)NC(=O)[C@@H]4Cc5cccc6c5N4C(=O)[C@@H](N)CC6)ccc23)C(C)(C)C)cc1. The van der Waals surface area contributed by atoms with E-state index in [0.717, 1.165) is 60.4 Å². The van der Waals surface area contributed by atoms with Crippen LogP contribution in [0.4, 0.5) is 5.69 Å². The molecule has 8 rings (SSSR count). The van der Waals surface area contributed by atoms with Crippen LogP contribution in [-0.4, -0.2) is 99.4 Å². The van der Waals surface area contributed by atoms with Gasteiger partial charge in [-0.3, -0.25) is 33.7 Å². The number of fused-ring (bicyclic) bond motifs is 1. The van der Waals surface area contributed by atoms with Crippen molar-refractivity contribution in [2.75, 3.05) is 11.4 Å².